The molecule has 11 heterocycles. The Morgan fingerprint density at radius 1 is 0.906 bits per heavy atom. The molecule has 7 saturated heterocycles. The fourth-order valence-corrected chi connectivity index (χ4v) is 17.6. The summed E-state index contributed by atoms with van der Waals surface area (Å²) in [5.74, 6) is 0.271. The Kier molecular flexibility index (Phi) is 18.0. The number of piperidine rings is 1. The number of hydrogen-bond donors (Lipinski definition) is 2. The molecule has 7 fully saturated rings. The lowest BCUT2D eigenvalue weighted by Crippen LogP contribution is -2.61. The number of aromatic nitrogens is 5. The first-order valence-corrected chi connectivity index (χ1v) is 35.5. The number of thiazole rings is 1. The minimum Gasteiger partial charge on any atom is -0.468 e. The molecule has 510 valence electrons. The summed E-state index contributed by atoms with van der Waals surface area (Å²) < 4.78 is 48.0. The second-order valence-electron chi connectivity index (χ2n) is 29.6. The number of methoxy groups -OCH3 is 1. The minimum atomic E-state index is -0.827. The van der Waals surface area contributed by atoms with Gasteiger partial charge in [-0.05, 0) is 158 Å². The van der Waals surface area contributed by atoms with Crippen LogP contribution >= 0.6 is 11.3 Å². The van der Waals surface area contributed by atoms with E-state index in [2.05, 4.69) is 48.0 Å². The maximum atomic E-state index is 18.0. The highest BCUT2D eigenvalue weighted by Gasteiger charge is 2.53. The van der Waals surface area contributed by atoms with E-state index >= 15 is 4.39 Å². The number of rotatable bonds is 19. The van der Waals surface area contributed by atoms with Gasteiger partial charge in [0.05, 0.1) is 51.2 Å². The van der Waals surface area contributed by atoms with Gasteiger partial charge in [-0.25, -0.2) is 14.2 Å². The lowest BCUT2D eigenvalue weighted by molar-refractivity contribution is -0.141. The Bertz CT molecular complexity index is 4020. The van der Waals surface area contributed by atoms with E-state index in [1.165, 1.54) is 4.90 Å². The highest BCUT2D eigenvalue weighted by Crippen LogP contribution is 2.48. The molecule has 23 heteroatoms. The number of nitrogens with zero attached hydrogens (tertiary/aromatic N) is 11. The Morgan fingerprint density at radius 2 is 1.68 bits per heavy atom. The number of aryl methyl sites for hydroxylation is 2. The molecule has 96 heavy (non-hydrogen) atoms. The van der Waals surface area contributed by atoms with E-state index in [-0.39, 0.29) is 89.9 Å². The molecule has 2 N–H and O–H groups in total. The summed E-state index contributed by atoms with van der Waals surface area (Å²) in [7, 11) is 1.57. The first-order chi connectivity index (χ1) is 46.2. The minimum absolute atomic E-state index is 0.0280. The third kappa shape index (κ3) is 12.6. The first-order valence-electron chi connectivity index (χ1n) is 34.6. The number of amides is 3. The molecule has 2 unspecified atom stereocenters. The van der Waals surface area contributed by atoms with Gasteiger partial charge in [0.15, 0.2) is 24.2 Å². The number of nitrogens with one attached hydrogen (secondary N) is 1. The van der Waals surface area contributed by atoms with Crippen LogP contribution in [0.5, 0.6) is 11.8 Å². The van der Waals surface area contributed by atoms with Crippen molar-refractivity contribution in [3.8, 4) is 33.5 Å². The van der Waals surface area contributed by atoms with Crippen molar-refractivity contribution in [1.82, 2.24) is 50.0 Å². The topological polar surface area (TPSA) is 217 Å². The standard InChI is InChI=1S/C73H91FN12O9S/c1-10-46-13-11-14-49-29-54(93-42-91-9)31-55(61(46)49)63-62(74)64-56(33-75-63)66(82-35-51-19-20-52(36-82)86(51)70(90)94-71(6,7)8)79-69(78-64)92-40-73-22-12-26-85(73)50(21-23-73)34-81-27-24-72(25-28-81)38-83(39-72)59-32-58(95-80-59)60(43(2)3)68(89)84-37-53(87)30-57(84)67(88)77-44(4)47-15-17-48(18-16-47)65-45(5)76-41-96-65/h11,13-18,29,31-33,41,43-44,50-53,57,60,87H,10,12,19-28,30,34-40,42H2,1-9H3,(H,77,88)/t44-,50-,51?,52?,53+,57-,60+,73-/m0/s1. The van der Waals surface area contributed by atoms with Crippen LogP contribution in [0.3, 0.4) is 0 Å². The number of fused-ring (bicyclic) bond motifs is 5. The highest BCUT2D eigenvalue weighted by atomic mass is 32.1. The molecule has 0 radical (unpaired) electrons. The van der Waals surface area contributed by atoms with Gasteiger partial charge < -0.3 is 53.5 Å². The summed E-state index contributed by atoms with van der Waals surface area (Å²) in [4.78, 5) is 75.9. The van der Waals surface area contributed by atoms with Gasteiger partial charge in [-0.3, -0.25) is 24.4 Å². The number of carbonyl (C=O) groups excluding carboxylic acids is 3. The van der Waals surface area contributed by atoms with Crippen molar-refractivity contribution >= 4 is 62.6 Å². The van der Waals surface area contributed by atoms with Gasteiger partial charge in [0.25, 0.3) is 0 Å². The largest absolute Gasteiger partial charge is 0.468 e. The predicted octanol–water partition coefficient (Wildman–Crippen LogP) is 11.1. The molecule has 8 atom stereocenters. The van der Waals surface area contributed by atoms with E-state index in [9.17, 15) is 19.5 Å². The first kappa shape index (κ1) is 65.7. The number of ether oxygens (including phenoxy) is 4. The third-order valence-electron chi connectivity index (χ3n) is 21.7. The normalized spacial score (nSPS) is 24.1. The molecule has 7 aliphatic rings. The number of hydrogen-bond acceptors (Lipinski definition) is 19. The quantitative estimate of drug-likeness (QED) is 0.0719. The van der Waals surface area contributed by atoms with Gasteiger partial charge in [0.1, 0.15) is 46.9 Å². The summed E-state index contributed by atoms with van der Waals surface area (Å²) in [5.41, 5.74) is 6.05. The maximum Gasteiger partial charge on any atom is 0.410 e. The van der Waals surface area contributed by atoms with Crippen molar-refractivity contribution in [2.45, 2.75) is 173 Å². The van der Waals surface area contributed by atoms with E-state index in [0.717, 1.165) is 135 Å². The summed E-state index contributed by atoms with van der Waals surface area (Å²) in [6.45, 7) is 22.7. The van der Waals surface area contributed by atoms with Crippen LogP contribution in [-0.2, 0) is 25.5 Å². The van der Waals surface area contributed by atoms with Crippen molar-refractivity contribution in [1.29, 1.82) is 0 Å². The maximum absolute atomic E-state index is 18.0. The third-order valence-corrected chi connectivity index (χ3v) is 22.7. The molecule has 14 rings (SSSR count). The van der Waals surface area contributed by atoms with E-state index in [0.29, 0.717) is 59.8 Å². The number of benzene rings is 3. The van der Waals surface area contributed by atoms with Crippen LogP contribution in [0.2, 0.25) is 0 Å². The summed E-state index contributed by atoms with van der Waals surface area (Å²) >= 11 is 1.59. The fourth-order valence-electron chi connectivity index (χ4n) is 16.8. The van der Waals surface area contributed by atoms with Crippen molar-refractivity contribution < 1.29 is 47.4 Å². The van der Waals surface area contributed by atoms with Crippen molar-refractivity contribution in [2.75, 3.05) is 89.2 Å². The lowest BCUT2D eigenvalue weighted by Gasteiger charge is -2.54. The average molecular weight is 1330 g/mol. The molecule has 3 amide bonds. The van der Waals surface area contributed by atoms with Crippen molar-refractivity contribution in [3.63, 3.8) is 0 Å². The Hall–Kier alpha value is -7.57. The van der Waals surface area contributed by atoms with E-state index in [4.69, 9.17) is 38.4 Å². The van der Waals surface area contributed by atoms with Gasteiger partial charge in [-0.1, -0.05) is 68.4 Å². The number of pyridine rings is 1. The van der Waals surface area contributed by atoms with E-state index < -0.39 is 29.5 Å². The Labute approximate surface area is 565 Å². The molecule has 4 aromatic heterocycles. The molecular weight excluding hydrogens is 1240 g/mol. The highest BCUT2D eigenvalue weighted by molar-refractivity contribution is 7.13. The van der Waals surface area contributed by atoms with Crippen molar-refractivity contribution in [3.05, 3.63) is 101 Å². The second-order valence-corrected chi connectivity index (χ2v) is 30.4. The van der Waals surface area contributed by atoms with Gasteiger partial charge in [0.2, 0.25) is 11.8 Å². The Balaban J connectivity index is 0.627. The monoisotopic (exact) mass is 1330 g/mol. The molecule has 0 aliphatic carbocycles. The number of likely N-dealkylation sites (tertiary alicyclic amines) is 2. The molecule has 21 nitrogen and oxygen atoms in total. The zero-order chi connectivity index (χ0) is 66.9. The predicted molar refractivity (Wildman–Crippen MR) is 366 cm³/mol. The number of piperazine rings is 1. The summed E-state index contributed by atoms with van der Waals surface area (Å²) in [5, 5.41) is 20.8. The number of β-amino-alcohol motifs (C(OH)–C–C–N with tert-alkyl or cyclic N) is 1. The smallest absolute Gasteiger partial charge is 0.410 e. The Morgan fingerprint density at radius 3 is 2.39 bits per heavy atom. The van der Waals surface area contributed by atoms with Crippen LogP contribution in [0, 0.1) is 24.1 Å². The van der Waals surface area contributed by atoms with Gasteiger partial charge in [-0.2, -0.15) is 9.97 Å². The molecule has 7 aromatic rings. The number of aliphatic hydroxyl groups excluding tert-OH is 1. The molecule has 2 bridgehead atoms. The van der Waals surface area contributed by atoms with Crippen LogP contribution in [-0.4, -0.2) is 189 Å². The van der Waals surface area contributed by atoms with Crippen LogP contribution in [0.4, 0.5) is 20.8 Å². The van der Waals surface area contributed by atoms with Crippen LogP contribution in [0.25, 0.3) is 43.4 Å². The molecule has 0 saturated carbocycles. The zero-order valence-corrected chi connectivity index (χ0v) is 57.6. The van der Waals surface area contributed by atoms with Crippen molar-refractivity contribution in [2.24, 2.45) is 11.3 Å². The number of aliphatic hydroxyl groups is 1. The summed E-state index contributed by atoms with van der Waals surface area (Å²) in [6, 6.07) is 18.9. The molecule has 1 spiro atoms. The molecular formula is C73H91FN12O9S. The zero-order valence-electron chi connectivity index (χ0n) is 56.8. The number of halogens is 1. The van der Waals surface area contributed by atoms with Crippen LogP contribution in [0.15, 0.2) is 76.9 Å². The van der Waals surface area contributed by atoms with E-state index in [1.54, 1.807) is 24.6 Å². The average Bonchev–Trinajstić information content (AvgIpc) is 0.875. The fraction of sp³-hybridized carbons (Fsp3) is 0.562. The summed E-state index contributed by atoms with van der Waals surface area (Å²) in [6.07, 6.45) is 9.24. The van der Waals surface area contributed by atoms with Gasteiger partial charge >= 0.3 is 12.1 Å². The van der Waals surface area contributed by atoms with Crippen LogP contribution < -0.4 is 24.6 Å². The number of anilines is 2. The van der Waals surface area contributed by atoms with E-state index in [1.807, 2.05) is 113 Å². The molecule has 7 aliphatic heterocycles. The van der Waals surface area contributed by atoms with Crippen LogP contribution in [0.1, 0.15) is 141 Å². The lowest BCUT2D eigenvalue weighted by atomic mass is 9.72. The SMILES string of the molecule is CCc1cccc2cc(OCOC)cc(-c3ncc4c(N5CC6CCC(C5)N6C(=O)OC(C)(C)C)nc(OC[C@@]56CCCN5[C@H](CN5CCC7(CC5)CN(c5cc([C@H](C(=O)N8C[C@H](O)C[C@H]8C(=O)N[C@@H](C)c8ccc(-c9scnc9C)cc8)C(C)C)on5)C7)CC6)nc4c3F)c12. The molecule has 3 aromatic carbocycles. The van der Waals surface area contributed by atoms with Gasteiger partial charge in [-0.15, -0.1) is 11.3 Å². The number of carbonyl (C=O) groups is 3. The van der Waals surface area contributed by atoms with Gasteiger partial charge in [0, 0.05) is 82.1 Å². The second kappa shape index (κ2) is 26.4.